The molecule has 4 heteroatoms. The molecule has 0 saturated heterocycles. The first-order valence-corrected chi connectivity index (χ1v) is 7.01. The number of para-hydroxylation sites is 2. The van der Waals surface area contributed by atoms with Crippen LogP contribution in [0, 0.1) is 0 Å². The Morgan fingerprint density at radius 3 is 2.60 bits per heavy atom. The lowest BCUT2D eigenvalue weighted by Gasteiger charge is -2.33. The van der Waals surface area contributed by atoms with Crippen LogP contribution in [-0.4, -0.2) is 32.1 Å². The summed E-state index contributed by atoms with van der Waals surface area (Å²) in [5, 5.41) is 0.724. The average Bonchev–Trinajstić information content (AvgIpc) is 2.43. The van der Waals surface area contributed by atoms with Crippen molar-refractivity contribution in [1.29, 1.82) is 0 Å². The van der Waals surface area contributed by atoms with Gasteiger partial charge in [-0.1, -0.05) is 23.7 Å². The lowest BCUT2D eigenvalue weighted by molar-refractivity contribution is 0.413. The first kappa shape index (κ1) is 13.3. The molecule has 0 amide bonds. The minimum Gasteiger partial charge on any atom is -0.453 e. The van der Waals surface area contributed by atoms with Gasteiger partial charge in [0.15, 0.2) is 11.5 Å². The molecule has 0 radical (unpaired) electrons. The van der Waals surface area contributed by atoms with E-state index in [9.17, 15) is 0 Å². The SMILES string of the molecule is CN(C)CCN1c2ccccc2Oc2ccc(Cl)cc21. The summed E-state index contributed by atoms with van der Waals surface area (Å²) in [5.74, 6) is 1.74. The smallest absolute Gasteiger partial charge is 0.151 e. The highest BCUT2D eigenvalue weighted by Crippen LogP contribution is 2.46. The van der Waals surface area contributed by atoms with Crippen molar-refractivity contribution in [3.8, 4) is 11.5 Å². The Bertz CT molecular complexity index is 628. The summed E-state index contributed by atoms with van der Waals surface area (Å²) in [6, 6.07) is 13.8. The minimum atomic E-state index is 0.724. The van der Waals surface area contributed by atoms with Gasteiger partial charge in [-0.15, -0.1) is 0 Å². The fourth-order valence-electron chi connectivity index (χ4n) is 2.34. The second kappa shape index (κ2) is 5.35. The van der Waals surface area contributed by atoms with Gasteiger partial charge >= 0.3 is 0 Å². The molecule has 0 bridgehead atoms. The van der Waals surface area contributed by atoms with E-state index in [1.807, 2.05) is 36.4 Å². The van der Waals surface area contributed by atoms with Crippen LogP contribution >= 0.6 is 11.6 Å². The second-order valence-corrected chi connectivity index (χ2v) is 5.57. The molecule has 1 heterocycles. The predicted octanol–water partition coefficient (Wildman–Crippen LogP) is 4.15. The van der Waals surface area contributed by atoms with Crippen molar-refractivity contribution in [3.05, 3.63) is 47.5 Å². The van der Waals surface area contributed by atoms with Crippen LogP contribution < -0.4 is 9.64 Å². The van der Waals surface area contributed by atoms with Crippen LogP contribution in [-0.2, 0) is 0 Å². The van der Waals surface area contributed by atoms with Crippen molar-refractivity contribution < 1.29 is 4.74 Å². The number of hydrogen-bond acceptors (Lipinski definition) is 3. The summed E-state index contributed by atoms with van der Waals surface area (Å²) in [4.78, 5) is 4.43. The molecular weight excluding hydrogens is 272 g/mol. The normalized spacial score (nSPS) is 12.9. The zero-order chi connectivity index (χ0) is 14.1. The molecule has 0 fully saturated rings. The van der Waals surface area contributed by atoms with Crippen LogP contribution in [0.15, 0.2) is 42.5 Å². The van der Waals surface area contributed by atoms with Gasteiger partial charge in [0.25, 0.3) is 0 Å². The lowest BCUT2D eigenvalue weighted by atomic mass is 10.1. The second-order valence-electron chi connectivity index (χ2n) is 5.14. The molecular formula is C16H17ClN2O. The first-order valence-electron chi connectivity index (χ1n) is 6.64. The summed E-state index contributed by atoms with van der Waals surface area (Å²) in [5.41, 5.74) is 2.11. The van der Waals surface area contributed by atoms with Gasteiger partial charge in [-0.25, -0.2) is 0 Å². The van der Waals surface area contributed by atoms with Crippen molar-refractivity contribution in [2.45, 2.75) is 0 Å². The Hall–Kier alpha value is -1.71. The summed E-state index contributed by atoms with van der Waals surface area (Å²) in [6.45, 7) is 1.85. The zero-order valence-corrected chi connectivity index (χ0v) is 12.4. The van der Waals surface area contributed by atoms with Gasteiger partial charge in [0.05, 0.1) is 11.4 Å². The Labute approximate surface area is 124 Å². The maximum absolute atomic E-state index is 6.14. The van der Waals surface area contributed by atoms with E-state index in [1.54, 1.807) is 0 Å². The number of hydrogen-bond donors (Lipinski definition) is 0. The third-order valence-electron chi connectivity index (χ3n) is 3.36. The fourth-order valence-corrected chi connectivity index (χ4v) is 2.51. The van der Waals surface area contributed by atoms with Gasteiger partial charge in [0.1, 0.15) is 0 Å². The lowest BCUT2D eigenvalue weighted by Crippen LogP contribution is -2.30. The van der Waals surface area contributed by atoms with Crippen molar-refractivity contribution in [3.63, 3.8) is 0 Å². The van der Waals surface area contributed by atoms with Gasteiger partial charge in [-0.3, -0.25) is 0 Å². The number of likely N-dealkylation sites (N-methyl/N-ethyl adjacent to an activating group) is 1. The number of ether oxygens (including phenoxy) is 1. The van der Waals surface area contributed by atoms with Crippen molar-refractivity contribution >= 4 is 23.0 Å². The molecule has 0 N–H and O–H groups in total. The molecule has 0 aliphatic carbocycles. The summed E-state index contributed by atoms with van der Waals surface area (Å²) in [7, 11) is 4.15. The number of nitrogens with zero attached hydrogens (tertiary/aromatic N) is 2. The number of anilines is 2. The Balaban J connectivity index is 2.04. The van der Waals surface area contributed by atoms with E-state index in [-0.39, 0.29) is 0 Å². The third-order valence-corrected chi connectivity index (χ3v) is 3.59. The number of rotatable bonds is 3. The topological polar surface area (TPSA) is 15.7 Å². The van der Waals surface area contributed by atoms with E-state index in [2.05, 4.69) is 30.0 Å². The van der Waals surface area contributed by atoms with E-state index in [1.165, 1.54) is 0 Å². The Morgan fingerprint density at radius 2 is 1.80 bits per heavy atom. The Morgan fingerprint density at radius 1 is 1.05 bits per heavy atom. The predicted molar refractivity (Wildman–Crippen MR) is 83.5 cm³/mol. The molecule has 3 nitrogen and oxygen atoms in total. The minimum absolute atomic E-state index is 0.724. The van der Waals surface area contributed by atoms with Crippen molar-refractivity contribution in [1.82, 2.24) is 4.90 Å². The van der Waals surface area contributed by atoms with Gasteiger partial charge in [-0.2, -0.15) is 0 Å². The highest BCUT2D eigenvalue weighted by Gasteiger charge is 2.24. The van der Waals surface area contributed by atoms with Crippen LogP contribution in [0.1, 0.15) is 0 Å². The quantitative estimate of drug-likeness (QED) is 0.844. The van der Waals surface area contributed by atoms with Crippen LogP contribution in [0.5, 0.6) is 11.5 Å². The van der Waals surface area contributed by atoms with Gasteiger partial charge in [0.2, 0.25) is 0 Å². The Kier molecular flexibility index (Phi) is 3.55. The maximum Gasteiger partial charge on any atom is 0.151 e. The van der Waals surface area contributed by atoms with E-state index in [0.717, 1.165) is 41.0 Å². The van der Waals surface area contributed by atoms with Crippen molar-refractivity contribution in [2.75, 3.05) is 32.1 Å². The molecule has 1 aliphatic heterocycles. The third kappa shape index (κ3) is 2.47. The maximum atomic E-state index is 6.14. The van der Waals surface area contributed by atoms with Crippen molar-refractivity contribution in [2.24, 2.45) is 0 Å². The summed E-state index contributed by atoms with van der Waals surface area (Å²) >= 11 is 6.14. The molecule has 3 rings (SSSR count). The molecule has 0 spiro atoms. The number of halogens is 1. The number of benzene rings is 2. The highest BCUT2D eigenvalue weighted by molar-refractivity contribution is 6.31. The van der Waals surface area contributed by atoms with Crippen LogP contribution in [0.2, 0.25) is 5.02 Å². The standard InChI is InChI=1S/C16H17ClN2O/c1-18(2)9-10-19-13-5-3-4-6-15(13)20-16-8-7-12(17)11-14(16)19/h3-8,11H,9-10H2,1-2H3. The van der Waals surface area contributed by atoms with E-state index >= 15 is 0 Å². The summed E-state index contributed by atoms with van der Waals surface area (Å²) in [6.07, 6.45) is 0. The molecule has 0 unspecified atom stereocenters. The van der Waals surface area contributed by atoms with Crippen LogP contribution in [0.25, 0.3) is 0 Å². The average molecular weight is 289 g/mol. The van der Waals surface area contributed by atoms with Gasteiger partial charge < -0.3 is 14.5 Å². The van der Waals surface area contributed by atoms with E-state index < -0.39 is 0 Å². The largest absolute Gasteiger partial charge is 0.453 e. The molecule has 0 atom stereocenters. The first-order chi connectivity index (χ1) is 9.65. The van der Waals surface area contributed by atoms with Gasteiger partial charge in [-0.05, 0) is 44.4 Å². The molecule has 0 saturated carbocycles. The highest BCUT2D eigenvalue weighted by atomic mass is 35.5. The zero-order valence-electron chi connectivity index (χ0n) is 11.6. The van der Waals surface area contributed by atoms with Crippen LogP contribution in [0.4, 0.5) is 11.4 Å². The summed E-state index contributed by atoms with van der Waals surface area (Å²) < 4.78 is 5.96. The van der Waals surface area contributed by atoms with Crippen LogP contribution in [0.3, 0.4) is 0 Å². The van der Waals surface area contributed by atoms with E-state index in [0.29, 0.717) is 0 Å². The molecule has 104 valence electrons. The molecule has 1 aliphatic rings. The van der Waals surface area contributed by atoms with E-state index in [4.69, 9.17) is 16.3 Å². The monoisotopic (exact) mass is 288 g/mol. The molecule has 0 aromatic heterocycles. The molecule has 2 aromatic rings. The molecule has 2 aromatic carbocycles. The van der Waals surface area contributed by atoms with Gasteiger partial charge in [0, 0.05) is 18.1 Å². The fraction of sp³-hybridized carbons (Fsp3) is 0.250. The molecule has 20 heavy (non-hydrogen) atoms. The number of fused-ring (bicyclic) bond motifs is 2.